The van der Waals surface area contributed by atoms with Gasteiger partial charge < -0.3 is 14.8 Å². The third kappa shape index (κ3) is 4.23. The number of anilines is 1. The fraction of sp³-hybridized carbons (Fsp3) is 0.280. The van der Waals surface area contributed by atoms with Crippen LogP contribution in [0.15, 0.2) is 48.5 Å². The number of para-hydroxylation sites is 1. The Morgan fingerprint density at radius 3 is 2.69 bits per heavy atom. The minimum atomic E-state index is -0.171. The number of hydrogen-bond acceptors (Lipinski definition) is 6. The average Bonchev–Trinajstić information content (AvgIpc) is 3.38. The Bertz CT molecular complexity index is 1230. The topological polar surface area (TPSA) is 60.5 Å². The van der Waals surface area contributed by atoms with Crippen molar-refractivity contribution in [2.45, 2.75) is 26.2 Å². The van der Waals surface area contributed by atoms with Crippen LogP contribution in [-0.2, 0) is 17.6 Å². The van der Waals surface area contributed by atoms with Gasteiger partial charge in [0.05, 0.1) is 17.3 Å². The summed E-state index contributed by atoms with van der Waals surface area (Å²) in [6.45, 7) is 2.24. The van der Waals surface area contributed by atoms with Gasteiger partial charge in [0.1, 0.15) is 21.5 Å². The van der Waals surface area contributed by atoms with E-state index in [0.717, 1.165) is 50.8 Å². The van der Waals surface area contributed by atoms with E-state index in [0.29, 0.717) is 11.7 Å². The molecule has 7 heteroatoms. The largest absolute Gasteiger partial charge is 0.497 e. The molecule has 1 unspecified atom stereocenters. The maximum atomic E-state index is 12.8. The number of nitrogens with one attached hydrogen (secondary N) is 1. The minimum absolute atomic E-state index is 0.0510. The number of benzene rings is 2. The maximum absolute atomic E-state index is 12.8. The van der Waals surface area contributed by atoms with Crippen molar-refractivity contribution in [2.24, 2.45) is 5.92 Å². The molecule has 0 aliphatic heterocycles. The summed E-state index contributed by atoms with van der Waals surface area (Å²) in [4.78, 5) is 19.0. The summed E-state index contributed by atoms with van der Waals surface area (Å²) in [7, 11) is 1.62. The van der Waals surface area contributed by atoms with Gasteiger partial charge in [-0.3, -0.25) is 4.79 Å². The van der Waals surface area contributed by atoms with E-state index in [1.54, 1.807) is 41.9 Å². The zero-order chi connectivity index (χ0) is 22.1. The summed E-state index contributed by atoms with van der Waals surface area (Å²) >= 11 is 3.37. The third-order valence-corrected chi connectivity index (χ3v) is 7.93. The molecule has 0 spiro atoms. The van der Waals surface area contributed by atoms with E-state index in [-0.39, 0.29) is 12.5 Å². The van der Waals surface area contributed by atoms with Gasteiger partial charge >= 0.3 is 0 Å². The average molecular weight is 465 g/mol. The molecule has 1 aliphatic carbocycles. The molecule has 4 aromatic rings. The number of rotatable bonds is 6. The number of fused-ring (bicyclic) bond motifs is 2. The fourth-order valence-electron chi connectivity index (χ4n) is 4.03. The second kappa shape index (κ2) is 8.92. The molecule has 1 amide bonds. The van der Waals surface area contributed by atoms with Gasteiger partial charge in [-0.05, 0) is 67.1 Å². The summed E-state index contributed by atoms with van der Waals surface area (Å²) in [6.07, 6.45) is 3.24. The second-order valence-electron chi connectivity index (χ2n) is 8.06. The number of methoxy groups -OCH3 is 1. The van der Waals surface area contributed by atoms with E-state index in [2.05, 4.69) is 18.3 Å². The lowest BCUT2D eigenvalue weighted by molar-refractivity contribution is -0.118. The van der Waals surface area contributed by atoms with E-state index in [9.17, 15) is 4.79 Å². The highest BCUT2D eigenvalue weighted by Gasteiger charge is 2.27. The van der Waals surface area contributed by atoms with E-state index in [1.165, 1.54) is 10.4 Å². The molecule has 0 bridgehead atoms. The molecule has 2 aromatic heterocycles. The molecule has 5 rings (SSSR count). The number of carbonyl (C=O) groups is 1. The van der Waals surface area contributed by atoms with Gasteiger partial charge in [-0.25, -0.2) is 4.98 Å². The van der Waals surface area contributed by atoms with Gasteiger partial charge in [-0.15, -0.1) is 22.7 Å². The van der Waals surface area contributed by atoms with Crippen molar-refractivity contribution >= 4 is 43.8 Å². The van der Waals surface area contributed by atoms with Crippen molar-refractivity contribution in [1.82, 2.24) is 4.98 Å². The Kier molecular flexibility index (Phi) is 5.85. The number of aromatic nitrogens is 1. The molecule has 1 atom stereocenters. The molecular weight excluding hydrogens is 440 g/mol. The molecule has 5 nitrogen and oxygen atoms in total. The van der Waals surface area contributed by atoms with Gasteiger partial charge in [-0.1, -0.05) is 19.1 Å². The number of ether oxygens (including phenoxy) is 2. The predicted octanol–water partition coefficient (Wildman–Crippen LogP) is 6.18. The molecule has 32 heavy (non-hydrogen) atoms. The van der Waals surface area contributed by atoms with Crippen LogP contribution in [0.3, 0.4) is 0 Å². The van der Waals surface area contributed by atoms with Crippen molar-refractivity contribution < 1.29 is 14.3 Å². The summed E-state index contributed by atoms with van der Waals surface area (Å²) in [5.41, 5.74) is 3.44. The number of thiazole rings is 1. The van der Waals surface area contributed by atoms with E-state index in [1.807, 2.05) is 30.3 Å². The smallest absolute Gasteiger partial charge is 0.262 e. The molecule has 1 aliphatic rings. The van der Waals surface area contributed by atoms with Crippen molar-refractivity contribution in [3.05, 3.63) is 59.0 Å². The number of amides is 1. The van der Waals surface area contributed by atoms with E-state index >= 15 is 0 Å². The third-order valence-electron chi connectivity index (χ3n) is 5.70. The van der Waals surface area contributed by atoms with Crippen LogP contribution in [0.2, 0.25) is 0 Å². The summed E-state index contributed by atoms with van der Waals surface area (Å²) in [6, 6.07) is 15.4. The van der Waals surface area contributed by atoms with Gasteiger partial charge in [0, 0.05) is 10.4 Å². The van der Waals surface area contributed by atoms with Crippen LogP contribution in [0.5, 0.6) is 11.5 Å². The number of nitrogens with zero attached hydrogens (tertiary/aromatic N) is 1. The Hall–Kier alpha value is -2.90. The highest BCUT2D eigenvalue weighted by molar-refractivity contribution is 7.22. The number of hydrogen-bond donors (Lipinski definition) is 1. The Labute approximate surface area is 195 Å². The SMILES string of the molecule is COc1ccc(OCC(=O)Nc2sc3c(c2-c2nc4ccccc4s2)CCC(C)C3)cc1. The first-order valence-electron chi connectivity index (χ1n) is 10.7. The van der Waals surface area contributed by atoms with Gasteiger partial charge in [0.2, 0.25) is 0 Å². The minimum Gasteiger partial charge on any atom is -0.497 e. The Balaban J connectivity index is 1.40. The van der Waals surface area contributed by atoms with E-state index in [4.69, 9.17) is 14.5 Å². The first kappa shape index (κ1) is 21.0. The van der Waals surface area contributed by atoms with Gasteiger partial charge in [-0.2, -0.15) is 0 Å². The zero-order valence-electron chi connectivity index (χ0n) is 18.0. The summed E-state index contributed by atoms with van der Waals surface area (Å²) in [5.74, 6) is 1.87. The van der Waals surface area contributed by atoms with Crippen molar-refractivity contribution in [2.75, 3.05) is 19.0 Å². The van der Waals surface area contributed by atoms with Crippen LogP contribution in [0, 0.1) is 5.92 Å². The Morgan fingerprint density at radius 2 is 1.91 bits per heavy atom. The molecule has 0 saturated heterocycles. The second-order valence-corrected chi connectivity index (χ2v) is 10.2. The van der Waals surface area contributed by atoms with Crippen molar-refractivity contribution in [3.8, 4) is 22.1 Å². The molecule has 0 fully saturated rings. The summed E-state index contributed by atoms with van der Waals surface area (Å²) < 4.78 is 12.0. The van der Waals surface area contributed by atoms with Crippen molar-refractivity contribution in [1.29, 1.82) is 0 Å². The molecule has 0 saturated carbocycles. The first-order chi connectivity index (χ1) is 15.6. The van der Waals surface area contributed by atoms with Crippen LogP contribution >= 0.6 is 22.7 Å². The van der Waals surface area contributed by atoms with Crippen LogP contribution in [0.4, 0.5) is 5.00 Å². The molecular formula is C25H24N2O3S2. The van der Waals surface area contributed by atoms with E-state index < -0.39 is 0 Å². The molecule has 0 radical (unpaired) electrons. The standard InChI is InChI=1S/C25H24N2O3S2/c1-15-7-12-18-21(13-15)32-25(23(18)24-26-19-5-3-4-6-20(19)31-24)27-22(28)14-30-17-10-8-16(29-2)9-11-17/h3-6,8-11,15H,7,12-14H2,1-2H3,(H,27,28). The monoisotopic (exact) mass is 464 g/mol. The maximum Gasteiger partial charge on any atom is 0.262 e. The highest BCUT2D eigenvalue weighted by atomic mass is 32.1. The fourth-order valence-corrected chi connectivity index (χ4v) is 6.57. The first-order valence-corrected chi connectivity index (χ1v) is 12.3. The van der Waals surface area contributed by atoms with Crippen LogP contribution in [0.1, 0.15) is 23.8 Å². The van der Waals surface area contributed by atoms with Gasteiger partial charge in [0.15, 0.2) is 6.61 Å². The van der Waals surface area contributed by atoms with Crippen molar-refractivity contribution in [3.63, 3.8) is 0 Å². The normalized spacial score (nSPS) is 15.4. The molecule has 2 aromatic carbocycles. The number of carbonyl (C=O) groups excluding carboxylic acids is 1. The highest BCUT2D eigenvalue weighted by Crippen LogP contribution is 2.47. The quantitative estimate of drug-likeness (QED) is 0.370. The summed E-state index contributed by atoms with van der Waals surface area (Å²) in [5, 5.41) is 4.97. The lowest BCUT2D eigenvalue weighted by atomic mass is 9.88. The lowest BCUT2D eigenvalue weighted by Crippen LogP contribution is -2.20. The zero-order valence-corrected chi connectivity index (χ0v) is 19.6. The molecule has 2 heterocycles. The predicted molar refractivity (Wildman–Crippen MR) is 131 cm³/mol. The van der Waals surface area contributed by atoms with Gasteiger partial charge in [0.25, 0.3) is 5.91 Å². The van der Waals surface area contributed by atoms with Crippen LogP contribution in [0.25, 0.3) is 20.8 Å². The lowest BCUT2D eigenvalue weighted by Gasteiger charge is -2.18. The van der Waals surface area contributed by atoms with Crippen LogP contribution < -0.4 is 14.8 Å². The number of thiophene rings is 1. The molecule has 164 valence electrons. The Morgan fingerprint density at radius 1 is 1.12 bits per heavy atom. The van der Waals surface area contributed by atoms with Crippen LogP contribution in [-0.4, -0.2) is 24.6 Å². The molecule has 1 N–H and O–H groups in total.